The van der Waals surface area contributed by atoms with Gasteiger partial charge >= 0.3 is 0 Å². The summed E-state index contributed by atoms with van der Waals surface area (Å²) in [6.07, 6.45) is 4.01. The maximum absolute atomic E-state index is 12.9. The zero-order valence-corrected chi connectivity index (χ0v) is 16.6. The molecule has 0 aromatic heterocycles. The fourth-order valence-corrected chi connectivity index (χ4v) is 4.55. The fraction of sp³-hybridized carbons (Fsp3) is 0.240. The lowest BCUT2D eigenvalue weighted by molar-refractivity contribution is -0.116. The molecule has 150 valence electrons. The number of imide groups is 1. The number of nitrogens with one attached hydrogen (secondary N) is 1. The highest BCUT2D eigenvalue weighted by atomic mass is 16.2. The first-order valence-electron chi connectivity index (χ1n) is 10.4. The van der Waals surface area contributed by atoms with E-state index in [1.807, 2.05) is 30.3 Å². The lowest BCUT2D eigenvalue weighted by Crippen LogP contribution is -2.41. The van der Waals surface area contributed by atoms with E-state index in [1.54, 1.807) is 12.1 Å². The predicted molar refractivity (Wildman–Crippen MR) is 116 cm³/mol. The van der Waals surface area contributed by atoms with Gasteiger partial charge in [-0.3, -0.25) is 19.3 Å². The van der Waals surface area contributed by atoms with Crippen LogP contribution < -0.4 is 5.32 Å². The Hall–Kier alpha value is -3.47. The first-order valence-corrected chi connectivity index (χ1v) is 10.4. The van der Waals surface area contributed by atoms with Gasteiger partial charge in [-0.05, 0) is 66.5 Å². The first kappa shape index (κ1) is 18.6. The lowest BCUT2D eigenvalue weighted by Gasteiger charge is -2.27. The summed E-state index contributed by atoms with van der Waals surface area (Å²) in [6.45, 7) is 0.222. The maximum atomic E-state index is 12.9. The quantitative estimate of drug-likeness (QED) is 0.650. The van der Waals surface area contributed by atoms with Crippen molar-refractivity contribution in [1.29, 1.82) is 0 Å². The van der Waals surface area contributed by atoms with Crippen LogP contribution in [0.15, 0.2) is 54.6 Å². The second kappa shape index (κ2) is 7.41. The van der Waals surface area contributed by atoms with E-state index in [4.69, 9.17) is 0 Å². The van der Waals surface area contributed by atoms with Gasteiger partial charge in [-0.1, -0.05) is 30.3 Å². The van der Waals surface area contributed by atoms with Crippen molar-refractivity contribution in [2.24, 2.45) is 0 Å². The van der Waals surface area contributed by atoms with Crippen molar-refractivity contribution in [2.75, 3.05) is 11.9 Å². The van der Waals surface area contributed by atoms with E-state index in [0.29, 0.717) is 17.5 Å². The van der Waals surface area contributed by atoms with Crippen molar-refractivity contribution in [1.82, 2.24) is 4.90 Å². The molecule has 0 bridgehead atoms. The van der Waals surface area contributed by atoms with Gasteiger partial charge < -0.3 is 5.32 Å². The normalized spacial score (nSPS) is 14.9. The largest absolute Gasteiger partial charge is 0.326 e. The molecule has 0 atom stereocenters. The van der Waals surface area contributed by atoms with E-state index >= 15 is 0 Å². The Balaban J connectivity index is 1.24. The number of carbonyl (C=O) groups is 3. The average molecular weight is 398 g/mol. The Morgan fingerprint density at radius 3 is 2.33 bits per heavy atom. The van der Waals surface area contributed by atoms with E-state index in [-0.39, 0.29) is 30.7 Å². The van der Waals surface area contributed by atoms with Crippen molar-refractivity contribution in [3.63, 3.8) is 0 Å². The van der Waals surface area contributed by atoms with E-state index in [1.165, 1.54) is 22.4 Å². The number of hydrogen-bond acceptors (Lipinski definition) is 3. The molecular weight excluding hydrogens is 376 g/mol. The minimum absolute atomic E-state index is 0.104. The highest BCUT2D eigenvalue weighted by Gasteiger charge is 2.32. The van der Waals surface area contributed by atoms with Crippen LogP contribution >= 0.6 is 0 Å². The number of hydrogen-bond donors (Lipinski definition) is 1. The molecule has 2 aliphatic rings. The summed E-state index contributed by atoms with van der Waals surface area (Å²) in [5.74, 6) is -0.681. The third-order valence-corrected chi connectivity index (χ3v) is 6.02. The van der Waals surface area contributed by atoms with Crippen LogP contribution in [0.2, 0.25) is 0 Å². The van der Waals surface area contributed by atoms with E-state index in [9.17, 15) is 14.4 Å². The van der Waals surface area contributed by atoms with Crippen molar-refractivity contribution in [3.05, 3.63) is 76.9 Å². The molecule has 1 N–H and O–H groups in total. The number of rotatable bonds is 5. The van der Waals surface area contributed by atoms with Crippen LogP contribution in [0, 0.1) is 0 Å². The zero-order chi connectivity index (χ0) is 20.7. The Kier molecular flexibility index (Phi) is 4.58. The molecule has 0 saturated heterocycles. The van der Waals surface area contributed by atoms with Crippen molar-refractivity contribution >= 4 is 34.2 Å². The second-order valence-electron chi connectivity index (χ2n) is 7.96. The molecule has 0 saturated carbocycles. The standard InChI is InChI=1S/C25H22N2O3/c28-22(26-19-13-12-16-5-1-8-18(16)15-19)11-4-14-27-24(29)20-9-2-6-17-7-3-10-21(23(17)20)25(27)30/h2-3,6-7,9-10,12-13,15H,1,4-5,8,11,14H2,(H,26,28). The minimum atomic E-state index is -0.289. The molecule has 3 amide bonds. The number of benzene rings is 3. The van der Waals surface area contributed by atoms with Gasteiger partial charge in [-0.2, -0.15) is 0 Å². The molecule has 0 radical (unpaired) electrons. The summed E-state index contributed by atoms with van der Waals surface area (Å²) in [6, 6.07) is 17.1. The van der Waals surface area contributed by atoms with Crippen LogP contribution in [0.25, 0.3) is 10.8 Å². The van der Waals surface area contributed by atoms with Crippen LogP contribution in [-0.2, 0) is 17.6 Å². The Labute approximate surface area is 174 Å². The third kappa shape index (κ3) is 3.16. The number of aryl methyl sites for hydroxylation is 2. The summed E-state index contributed by atoms with van der Waals surface area (Å²) >= 11 is 0. The summed E-state index contributed by atoms with van der Waals surface area (Å²) in [4.78, 5) is 39.4. The third-order valence-electron chi connectivity index (χ3n) is 6.02. The number of anilines is 1. The average Bonchev–Trinajstić information content (AvgIpc) is 3.22. The molecule has 5 heteroatoms. The fourth-order valence-electron chi connectivity index (χ4n) is 4.55. The highest BCUT2D eigenvalue weighted by molar-refractivity contribution is 6.25. The first-order chi connectivity index (χ1) is 14.6. The second-order valence-corrected chi connectivity index (χ2v) is 7.96. The lowest BCUT2D eigenvalue weighted by atomic mass is 9.94. The summed E-state index contributed by atoms with van der Waals surface area (Å²) in [5, 5.41) is 4.55. The zero-order valence-electron chi connectivity index (χ0n) is 16.6. The van der Waals surface area contributed by atoms with Gasteiger partial charge in [0.15, 0.2) is 0 Å². The predicted octanol–water partition coefficient (Wildman–Crippen LogP) is 4.34. The molecule has 0 fully saturated rings. The van der Waals surface area contributed by atoms with Gasteiger partial charge in [0.1, 0.15) is 0 Å². The summed E-state index contributed by atoms with van der Waals surface area (Å²) in [5.41, 5.74) is 4.58. The van der Waals surface area contributed by atoms with Gasteiger partial charge in [0.25, 0.3) is 11.8 Å². The molecule has 3 aromatic carbocycles. The summed E-state index contributed by atoms with van der Waals surface area (Å²) < 4.78 is 0. The molecule has 3 aromatic rings. The van der Waals surface area contributed by atoms with E-state index < -0.39 is 0 Å². The molecular formula is C25H22N2O3. The Bertz CT molecular complexity index is 1150. The van der Waals surface area contributed by atoms with Crippen LogP contribution in [0.1, 0.15) is 51.1 Å². The van der Waals surface area contributed by atoms with Gasteiger partial charge in [0.05, 0.1) is 0 Å². The van der Waals surface area contributed by atoms with Gasteiger partial charge in [-0.15, -0.1) is 0 Å². The van der Waals surface area contributed by atoms with Crippen LogP contribution in [0.3, 0.4) is 0 Å². The van der Waals surface area contributed by atoms with Crippen LogP contribution in [0.5, 0.6) is 0 Å². The molecule has 5 nitrogen and oxygen atoms in total. The smallest absolute Gasteiger partial charge is 0.261 e. The Morgan fingerprint density at radius 1 is 0.900 bits per heavy atom. The van der Waals surface area contributed by atoms with Crippen molar-refractivity contribution in [3.8, 4) is 0 Å². The van der Waals surface area contributed by atoms with Crippen molar-refractivity contribution < 1.29 is 14.4 Å². The van der Waals surface area contributed by atoms with Crippen LogP contribution in [0.4, 0.5) is 5.69 Å². The number of nitrogens with zero attached hydrogens (tertiary/aromatic N) is 1. The molecule has 1 heterocycles. The molecule has 1 aliphatic carbocycles. The monoisotopic (exact) mass is 398 g/mol. The topological polar surface area (TPSA) is 66.5 Å². The molecule has 30 heavy (non-hydrogen) atoms. The molecule has 0 spiro atoms. The van der Waals surface area contributed by atoms with Gasteiger partial charge in [0.2, 0.25) is 5.91 Å². The molecule has 5 rings (SSSR count). The molecule has 0 unspecified atom stereocenters. The van der Waals surface area contributed by atoms with Crippen LogP contribution in [-0.4, -0.2) is 29.2 Å². The number of carbonyl (C=O) groups excluding carboxylic acids is 3. The maximum Gasteiger partial charge on any atom is 0.261 e. The van der Waals surface area contributed by atoms with Gasteiger partial charge in [0, 0.05) is 35.2 Å². The van der Waals surface area contributed by atoms with E-state index in [0.717, 1.165) is 29.3 Å². The molecule has 1 aliphatic heterocycles. The van der Waals surface area contributed by atoms with E-state index in [2.05, 4.69) is 17.4 Å². The SMILES string of the molecule is O=C(CCCN1C(=O)c2cccc3cccc(c23)C1=O)Nc1ccc2c(c1)CCC2. The highest BCUT2D eigenvalue weighted by Crippen LogP contribution is 2.30. The summed E-state index contributed by atoms with van der Waals surface area (Å²) in [7, 11) is 0. The number of amides is 3. The minimum Gasteiger partial charge on any atom is -0.326 e. The van der Waals surface area contributed by atoms with Gasteiger partial charge in [-0.25, -0.2) is 0 Å². The number of fused-ring (bicyclic) bond motifs is 1. The van der Waals surface area contributed by atoms with Crippen molar-refractivity contribution in [2.45, 2.75) is 32.1 Å². The Morgan fingerprint density at radius 2 is 1.60 bits per heavy atom.